The van der Waals surface area contributed by atoms with Gasteiger partial charge in [0.2, 0.25) is 0 Å². The van der Waals surface area contributed by atoms with E-state index in [1.54, 1.807) is 13.2 Å². The summed E-state index contributed by atoms with van der Waals surface area (Å²) in [5.74, 6) is 0.993. The summed E-state index contributed by atoms with van der Waals surface area (Å²) in [7, 11) is 1.62. The summed E-state index contributed by atoms with van der Waals surface area (Å²) in [4.78, 5) is 0. The van der Waals surface area contributed by atoms with Gasteiger partial charge in [-0.3, -0.25) is 0 Å². The van der Waals surface area contributed by atoms with E-state index in [0.717, 1.165) is 11.3 Å². The number of aromatic hydroxyl groups is 1. The predicted octanol–water partition coefficient (Wildman–Crippen LogP) is 2.89. The SMILES string of the molecule is COc1cc(C(C)(C)C)c(O)c(C(C)(C)N)c1. The zero-order chi connectivity index (χ0) is 13.4. The lowest BCUT2D eigenvalue weighted by atomic mass is 9.82. The van der Waals surface area contributed by atoms with Gasteiger partial charge in [0.15, 0.2) is 0 Å². The molecule has 1 rings (SSSR count). The maximum absolute atomic E-state index is 10.3. The van der Waals surface area contributed by atoms with Crippen molar-refractivity contribution in [2.75, 3.05) is 7.11 Å². The molecule has 0 fully saturated rings. The number of rotatable bonds is 2. The van der Waals surface area contributed by atoms with E-state index in [4.69, 9.17) is 10.5 Å². The topological polar surface area (TPSA) is 55.5 Å². The van der Waals surface area contributed by atoms with E-state index in [9.17, 15) is 5.11 Å². The molecule has 96 valence electrons. The van der Waals surface area contributed by atoms with Crippen molar-refractivity contribution in [2.24, 2.45) is 5.73 Å². The maximum atomic E-state index is 10.3. The molecule has 0 aromatic heterocycles. The molecule has 0 unspecified atom stereocenters. The van der Waals surface area contributed by atoms with Crippen molar-refractivity contribution in [3.05, 3.63) is 23.3 Å². The van der Waals surface area contributed by atoms with Gasteiger partial charge in [0.1, 0.15) is 11.5 Å². The first-order valence-electron chi connectivity index (χ1n) is 5.78. The highest BCUT2D eigenvalue weighted by Crippen LogP contribution is 2.40. The molecule has 17 heavy (non-hydrogen) atoms. The average molecular weight is 237 g/mol. The number of benzene rings is 1. The Morgan fingerprint density at radius 2 is 1.53 bits per heavy atom. The van der Waals surface area contributed by atoms with Crippen LogP contribution in [0.25, 0.3) is 0 Å². The van der Waals surface area contributed by atoms with Crippen LogP contribution in [-0.2, 0) is 11.0 Å². The molecule has 0 radical (unpaired) electrons. The van der Waals surface area contributed by atoms with E-state index in [1.807, 2.05) is 19.9 Å². The summed E-state index contributed by atoms with van der Waals surface area (Å²) in [6.45, 7) is 9.89. The number of nitrogens with two attached hydrogens (primary N) is 1. The van der Waals surface area contributed by atoms with Crippen LogP contribution in [0.3, 0.4) is 0 Å². The molecule has 1 aromatic carbocycles. The summed E-state index contributed by atoms with van der Waals surface area (Å²) in [5, 5.41) is 10.3. The van der Waals surface area contributed by atoms with Crippen molar-refractivity contribution in [3.63, 3.8) is 0 Å². The normalized spacial score (nSPS) is 12.6. The molecule has 0 bridgehead atoms. The molecule has 3 heteroatoms. The highest BCUT2D eigenvalue weighted by molar-refractivity contribution is 5.51. The third kappa shape index (κ3) is 2.91. The number of phenols is 1. The van der Waals surface area contributed by atoms with Crippen LogP contribution in [-0.4, -0.2) is 12.2 Å². The Bertz CT molecular complexity index is 376. The fourth-order valence-electron chi connectivity index (χ4n) is 1.79. The van der Waals surface area contributed by atoms with Crippen LogP contribution in [0.1, 0.15) is 45.7 Å². The molecule has 0 spiro atoms. The molecule has 0 aliphatic carbocycles. The van der Waals surface area contributed by atoms with E-state index >= 15 is 0 Å². The molecule has 1 aromatic rings. The molecular formula is C14H23NO2. The first kappa shape index (κ1) is 13.8. The Hall–Kier alpha value is -1.22. The van der Waals surface area contributed by atoms with Gasteiger partial charge >= 0.3 is 0 Å². The van der Waals surface area contributed by atoms with Crippen LogP contribution in [0.15, 0.2) is 12.1 Å². The first-order valence-corrected chi connectivity index (χ1v) is 5.78. The van der Waals surface area contributed by atoms with E-state index in [-0.39, 0.29) is 11.2 Å². The summed E-state index contributed by atoms with van der Waals surface area (Å²) in [6, 6.07) is 3.66. The van der Waals surface area contributed by atoms with Crippen LogP contribution in [0, 0.1) is 0 Å². The van der Waals surface area contributed by atoms with Crippen LogP contribution < -0.4 is 10.5 Å². The average Bonchev–Trinajstić information content (AvgIpc) is 2.14. The van der Waals surface area contributed by atoms with E-state index in [2.05, 4.69) is 20.8 Å². The Kier molecular flexibility index (Phi) is 3.44. The van der Waals surface area contributed by atoms with Crippen molar-refractivity contribution in [3.8, 4) is 11.5 Å². The third-order valence-electron chi connectivity index (χ3n) is 2.82. The number of ether oxygens (including phenoxy) is 1. The zero-order valence-electron chi connectivity index (χ0n) is 11.6. The van der Waals surface area contributed by atoms with Gasteiger partial charge < -0.3 is 15.6 Å². The number of hydrogen-bond acceptors (Lipinski definition) is 3. The van der Waals surface area contributed by atoms with Crippen molar-refractivity contribution in [1.82, 2.24) is 0 Å². The third-order valence-corrected chi connectivity index (χ3v) is 2.82. The second-order valence-corrected chi connectivity index (χ2v) is 6.04. The molecule has 3 N–H and O–H groups in total. The van der Waals surface area contributed by atoms with Crippen molar-refractivity contribution < 1.29 is 9.84 Å². The summed E-state index contributed by atoms with van der Waals surface area (Å²) >= 11 is 0. The number of phenolic OH excluding ortho intramolecular Hbond substituents is 1. The molecule has 0 heterocycles. The van der Waals surface area contributed by atoms with Crippen molar-refractivity contribution >= 4 is 0 Å². The molecule has 0 aliphatic heterocycles. The molecule has 0 amide bonds. The Morgan fingerprint density at radius 3 is 1.88 bits per heavy atom. The Morgan fingerprint density at radius 1 is 1.06 bits per heavy atom. The molecule has 0 saturated heterocycles. The lowest BCUT2D eigenvalue weighted by Crippen LogP contribution is -2.29. The molecular weight excluding hydrogens is 214 g/mol. The smallest absolute Gasteiger partial charge is 0.124 e. The lowest BCUT2D eigenvalue weighted by molar-refractivity contribution is 0.392. The van der Waals surface area contributed by atoms with E-state index < -0.39 is 5.54 Å². The van der Waals surface area contributed by atoms with Crippen LogP contribution in [0.5, 0.6) is 11.5 Å². The van der Waals surface area contributed by atoms with Gasteiger partial charge in [-0.15, -0.1) is 0 Å². The highest BCUT2D eigenvalue weighted by atomic mass is 16.5. The molecule has 0 aliphatic rings. The molecule has 0 atom stereocenters. The number of hydrogen-bond donors (Lipinski definition) is 2. The lowest BCUT2D eigenvalue weighted by Gasteiger charge is -2.27. The van der Waals surface area contributed by atoms with Crippen molar-refractivity contribution in [1.29, 1.82) is 0 Å². The summed E-state index contributed by atoms with van der Waals surface area (Å²) < 4.78 is 5.27. The summed E-state index contributed by atoms with van der Waals surface area (Å²) in [6.07, 6.45) is 0. The quantitative estimate of drug-likeness (QED) is 0.831. The van der Waals surface area contributed by atoms with Gasteiger partial charge in [0, 0.05) is 16.7 Å². The van der Waals surface area contributed by atoms with Gasteiger partial charge in [0.25, 0.3) is 0 Å². The highest BCUT2D eigenvalue weighted by Gasteiger charge is 2.26. The van der Waals surface area contributed by atoms with Gasteiger partial charge in [-0.2, -0.15) is 0 Å². The number of methoxy groups -OCH3 is 1. The minimum absolute atomic E-state index is 0.154. The summed E-state index contributed by atoms with van der Waals surface area (Å²) in [5.41, 5.74) is 6.89. The first-order chi connectivity index (χ1) is 7.57. The van der Waals surface area contributed by atoms with Crippen LogP contribution in [0.2, 0.25) is 0 Å². The van der Waals surface area contributed by atoms with E-state index in [0.29, 0.717) is 5.56 Å². The van der Waals surface area contributed by atoms with Crippen LogP contribution in [0.4, 0.5) is 0 Å². The van der Waals surface area contributed by atoms with Gasteiger partial charge in [-0.1, -0.05) is 20.8 Å². The minimum atomic E-state index is -0.599. The van der Waals surface area contributed by atoms with Crippen LogP contribution >= 0.6 is 0 Å². The Labute approximate surface area is 104 Å². The molecule has 3 nitrogen and oxygen atoms in total. The second kappa shape index (κ2) is 4.22. The molecule has 0 saturated carbocycles. The van der Waals surface area contributed by atoms with Gasteiger partial charge in [0.05, 0.1) is 7.11 Å². The van der Waals surface area contributed by atoms with E-state index in [1.165, 1.54) is 0 Å². The monoisotopic (exact) mass is 237 g/mol. The fourth-order valence-corrected chi connectivity index (χ4v) is 1.79. The largest absolute Gasteiger partial charge is 0.507 e. The standard InChI is InChI=1S/C14H23NO2/c1-13(2,3)10-7-9(17-6)8-11(12(10)16)14(4,5)15/h7-8,16H,15H2,1-6H3. The second-order valence-electron chi connectivity index (χ2n) is 6.04. The fraction of sp³-hybridized carbons (Fsp3) is 0.571. The maximum Gasteiger partial charge on any atom is 0.124 e. The van der Waals surface area contributed by atoms with Gasteiger partial charge in [-0.25, -0.2) is 0 Å². The van der Waals surface area contributed by atoms with Crippen molar-refractivity contribution in [2.45, 2.75) is 45.6 Å². The van der Waals surface area contributed by atoms with Gasteiger partial charge in [-0.05, 0) is 31.4 Å². The minimum Gasteiger partial charge on any atom is -0.507 e. The zero-order valence-corrected chi connectivity index (χ0v) is 11.6. The Balaban J connectivity index is 3.53. The predicted molar refractivity (Wildman–Crippen MR) is 70.6 cm³/mol.